The molecule has 0 aliphatic rings. The molecule has 0 amide bonds. The van der Waals surface area contributed by atoms with E-state index in [-0.39, 0.29) is 5.78 Å². The molecule has 0 saturated heterocycles. The lowest BCUT2D eigenvalue weighted by Crippen LogP contribution is -2.01. The van der Waals surface area contributed by atoms with Crippen LogP contribution in [0.25, 0.3) is 20.9 Å². The molecule has 2 heterocycles. The number of hydrogen-bond acceptors (Lipinski definition) is 5. The standard InChI is InChI=1S/C21H16N2OS2/c22-17-9-19(25-11-17)13-3-1-5-15(7-13)21(24)16-6-2-4-14(8-16)20-10-18(23)12-26-20/h1-12H,22-23H2. The molecule has 0 fully saturated rings. The Morgan fingerprint density at radius 3 is 1.54 bits per heavy atom. The van der Waals surface area contributed by atoms with E-state index in [1.807, 2.05) is 71.4 Å². The number of nitrogens with two attached hydrogens (primary N) is 2. The van der Waals surface area contributed by atoms with E-state index in [0.29, 0.717) is 11.1 Å². The van der Waals surface area contributed by atoms with Gasteiger partial charge < -0.3 is 11.5 Å². The molecule has 0 bridgehead atoms. The molecule has 3 nitrogen and oxygen atoms in total. The van der Waals surface area contributed by atoms with Gasteiger partial charge in [-0.25, -0.2) is 0 Å². The van der Waals surface area contributed by atoms with Crippen molar-refractivity contribution in [2.24, 2.45) is 0 Å². The zero-order valence-electron chi connectivity index (χ0n) is 13.8. The minimum Gasteiger partial charge on any atom is -0.398 e. The number of nitrogen functional groups attached to an aromatic ring is 2. The van der Waals surface area contributed by atoms with Gasteiger partial charge in [-0.1, -0.05) is 36.4 Å². The first kappa shape index (κ1) is 16.6. The van der Waals surface area contributed by atoms with Gasteiger partial charge in [0.2, 0.25) is 0 Å². The van der Waals surface area contributed by atoms with Crippen LogP contribution in [0.15, 0.2) is 71.4 Å². The van der Waals surface area contributed by atoms with Crippen molar-refractivity contribution in [3.8, 4) is 20.9 Å². The van der Waals surface area contributed by atoms with E-state index in [1.54, 1.807) is 22.7 Å². The lowest BCUT2D eigenvalue weighted by Gasteiger charge is -2.06. The van der Waals surface area contributed by atoms with Crippen LogP contribution in [0.4, 0.5) is 11.4 Å². The minimum atomic E-state index is 0.00255. The van der Waals surface area contributed by atoms with Crippen molar-refractivity contribution in [1.29, 1.82) is 0 Å². The summed E-state index contributed by atoms with van der Waals surface area (Å²) in [5, 5.41) is 3.81. The van der Waals surface area contributed by atoms with Gasteiger partial charge >= 0.3 is 0 Å². The highest BCUT2D eigenvalue weighted by Gasteiger charge is 2.12. The molecule has 4 N–H and O–H groups in total. The Hall–Kier alpha value is -2.89. The Labute approximate surface area is 159 Å². The predicted octanol–water partition coefficient (Wildman–Crippen LogP) is 5.54. The van der Waals surface area contributed by atoms with E-state index in [1.165, 1.54) is 0 Å². The zero-order valence-corrected chi connectivity index (χ0v) is 15.4. The van der Waals surface area contributed by atoms with E-state index < -0.39 is 0 Å². The normalized spacial score (nSPS) is 10.8. The summed E-state index contributed by atoms with van der Waals surface area (Å²) in [7, 11) is 0. The molecule has 4 rings (SSSR count). The summed E-state index contributed by atoms with van der Waals surface area (Å²) < 4.78 is 0. The molecule has 0 radical (unpaired) electrons. The van der Waals surface area contributed by atoms with Crippen LogP contribution in [0.5, 0.6) is 0 Å². The summed E-state index contributed by atoms with van der Waals surface area (Å²) in [5.41, 5.74) is 16.4. The third-order valence-electron chi connectivity index (χ3n) is 4.06. The van der Waals surface area contributed by atoms with Gasteiger partial charge in [0.05, 0.1) is 0 Å². The molecule has 0 atom stereocenters. The molecule has 2 aromatic carbocycles. The molecule has 0 unspecified atom stereocenters. The summed E-state index contributed by atoms with van der Waals surface area (Å²) in [5.74, 6) is 0.00255. The SMILES string of the molecule is Nc1csc(-c2cccc(C(=O)c3cccc(-c4cc(N)cs4)c3)c2)c1. The molecule has 0 aliphatic carbocycles. The van der Waals surface area contributed by atoms with Crippen molar-refractivity contribution >= 4 is 39.8 Å². The molecule has 5 heteroatoms. The maximum atomic E-state index is 13.0. The van der Waals surface area contributed by atoms with Crippen molar-refractivity contribution in [1.82, 2.24) is 0 Å². The second-order valence-electron chi connectivity index (χ2n) is 5.98. The van der Waals surface area contributed by atoms with Gasteiger partial charge in [-0.2, -0.15) is 0 Å². The lowest BCUT2D eigenvalue weighted by atomic mass is 9.99. The largest absolute Gasteiger partial charge is 0.398 e. The Morgan fingerprint density at radius 2 is 1.15 bits per heavy atom. The maximum absolute atomic E-state index is 13.0. The number of hydrogen-bond donors (Lipinski definition) is 2. The van der Waals surface area contributed by atoms with Gasteiger partial charge in [-0.05, 0) is 35.4 Å². The van der Waals surface area contributed by atoms with E-state index in [9.17, 15) is 4.79 Å². The van der Waals surface area contributed by atoms with Crippen LogP contribution < -0.4 is 11.5 Å². The van der Waals surface area contributed by atoms with Crippen LogP contribution in [0.3, 0.4) is 0 Å². The number of anilines is 2. The predicted molar refractivity (Wildman–Crippen MR) is 112 cm³/mol. The van der Waals surface area contributed by atoms with Crippen LogP contribution in [-0.2, 0) is 0 Å². The zero-order chi connectivity index (χ0) is 18.1. The third kappa shape index (κ3) is 3.27. The molecule has 0 aliphatic heterocycles. The third-order valence-corrected chi connectivity index (χ3v) is 6.05. The fraction of sp³-hybridized carbons (Fsp3) is 0. The van der Waals surface area contributed by atoms with Gasteiger partial charge in [0.1, 0.15) is 0 Å². The highest BCUT2D eigenvalue weighted by Crippen LogP contribution is 2.31. The van der Waals surface area contributed by atoms with Crippen LogP contribution in [0.2, 0.25) is 0 Å². The first-order valence-corrected chi connectivity index (χ1v) is 9.80. The highest BCUT2D eigenvalue weighted by molar-refractivity contribution is 7.14. The van der Waals surface area contributed by atoms with Crippen molar-refractivity contribution in [3.05, 3.63) is 82.6 Å². The minimum absolute atomic E-state index is 0.00255. The number of benzene rings is 2. The smallest absolute Gasteiger partial charge is 0.193 e. The van der Waals surface area contributed by atoms with Crippen molar-refractivity contribution in [2.45, 2.75) is 0 Å². The quantitative estimate of drug-likeness (QED) is 0.460. The molecule has 128 valence electrons. The summed E-state index contributed by atoms with van der Waals surface area (Å²) in [4.78, 5) is 15.1. The molecule has 0 saturated carbocycles. The van der Waals surface area contributed by atoms with Crippen molar-refractivity contribution in [3.63, 3.8) is 0 Å². The summed E-state index contributed by atoms with van der Waals surface area (Å²) in [6.07, 6.45) is 0. The Morgan fingerprint density at radius 1 is 0.692 bits per heavy atom. The van der Waals surface area contributed by atoms with Gasteiger partial charge in [0.15, 0.2) is 5.78 Å². The fourth-order valence-electron chi connectivity index (χ4n) is 2.80. The summed E-state index contributed by atoms with van der Waals surface area (Å²) >= 11 is 3.15. The first-order chi connectivity index (χ1) is 12.6. The van der Waals surface area contributed by atoms with Crippen LogP contribution in [0.1, 0.15) is 15.9 Å². The van der Waals surface area contributed by atoms with Crippen molar-refractivity contribution < 1.29 is 4.79 Å². The average Bonchev–Trinajstić information content (AvgIpc) is 3.30. The lowest BCUT2D eigenvalue weighted by molar-refractivity contribution is 0.103. The first-order valence-electron chi connectivity index (χ1n) is 8.04. The number of rotatable bonds is 4. The van der Waals surface area contributed by atoms with Gasteiger partial charge in [-0.15, -0.1) is 22.7 Å². The van der Waals surface area contributed by atoms with Gasteiger partial charge in [0.25, 0.3) is 0 Å². The maximum Gasteiger partial charge on any atom is 0.193 e. The van der Waals surface area contributed by atoms with Crippen LogP contribution >= 0.6 is 22.7 Å². The van der Waals surface area contributed by atoms with E-state index >= 15 is 0 Å². The molecule has 26 heavy (non-hydrogen) atoms. The second kappa shape index (κ2) is 6.78. The molecular formula is C21H16N2OS2. The highest BCUT2D eigenvalue weighted by atomic mass is 32.1. The number of carbonyl (C=O) groups is 1. The van der Waals surface area contributed by atoms with Crippen molar-refractivity contribution in [2.75, 3.05) is 11.5 Å². The van der Waals surface area contributed by atoms with E-state index in [0.717, 1.165) is 32.3 Å². The van der Waals surface area contributed by atoms with Crippen LogP contribution in [0, 0.1) is 0 Å². The summed E-state index contributed by atoms with van der Waals surface area (Å²) in [6, 6.07) is 19.2. The Balaban J connectivity index is 1.68. The average molecular weight is 377 g/mol. The molecule has 2 aromatic heterocycles. The second-order valence-corrected chi connectivity index (χ2v) is 7.80. The van der Waals surface area contributed by atoms with Crippen LogP contribution in [-0.4, -0.2) is 5.78 Å². The van der Waals surface area contributed by atoms with Gasteiger partial charge in [-0.3, -0.25) is 4.79 Å². The Kier molecular flexibility index (Phi) is 4.32. The number of ketones is 1. The van der Waals surface area contributed by atoms with E-state index in [2.05, 4.69) is 0 Å². The molecule has 4 aromatic rings. The van der Waals surface area contributed by atoms with Gasteiger partial charge in [0, 0.05) is 43.0 Å². The topological polar surface area (TPSA) is 69.1 Å². The molecular weight excluding hydrogens is 360 g/mol. The fourth-order valence-corrected chi connectivity index (χ4v) is 4.40. The Bertz CT molecular complexity index is 1010. The summed E-state index contributed by atoms with van der Waals surface area (Å²) in [6.45, 7) is 0. The van der Waals surface area contributed by atoms with E-state index in [4.69, 9.17) is 11.5 Å². The number of carbonyl (C=O) groups excluding carboxylic acids is 1. The number of thiophene rings is 2. The molecule has 0 spiro atoms. The monoisotopic (exact) mass is 376 g/mol.